The number of hydrogen-bond donors (Lipinski definition) is 4. The van der Waals surface area contributed by atoms with Gasteiger partial charge in [0.2, 0.25) is 0 Å². The van der Waals surface area contributed by atoms with Crippen LogP contribution in [0.1, 0.15) is 22.6 Å². The first kappa shape index (κ1) is 25.4. The summed E-state index contributed by atoms with van der Waals surface area (Å²) in [5.74, 6) is -2.84. The number of anilines is 2. The van der Waals surface area contributed by atoms with Crippen molar-refractivity contribution in [2.24, 2.45) is 5.10 Å². The van der Waals surface area contributed by atoms with Crippen LogP contribution in [0.2, 0.25) is 0 Å². The third-order valence-electron chi connectivity index (χ3n) is 4.74. The maximum Gasteiger partial charge on any atom is 0.329 e. The van der Waals surface area contributed by atoms with Crippen LogP contribution in [0, 0.1) is 13.8 Å². The molecular weight excluding hydrogens is 518 g/mol. The number of hydrogen-bond acceptors (Lipinski definition) is 6. The number of carbonyl (C=O) groups is 4. The van der Waals surface area contributed by atoms with E-state index in [1.165, 1.54) is 6.21 Å². The smallest absolute Gasteiger partial charge is 0.329 e. The number of carbonyl (C=O) groups excluding carboxylic acids is 4. The molecule has 2 aromatic carbocycles. The Bertz CT molecular complexity index is 1280. The molecule has 0 saturated heterocycles. The zero-order valence-electron chi connectivity index (χ0n) is 18.8. The Morgan fingerprint density at radius 2 is 1.49 bits per heavy atom. The first-order valence-corrected chi connectivity index (χ1v) is 11.2. The number of amides is 4. The molecule has 0 bridgehead atoms. The summed E-state index contributed by atoms with van der Waals surface area (Å²) in [7, 11) is 0. The standard InChI is InChI=1S/C24H22BrN5O5/c1-14-3-6-18(11-15(14)2)29-22(32)21(31)26-12-19-9-10-20(35-19)13-27-30-24(34)23(33)28-17-7-4-16(25)5-8-17/h3-11,13H,12H2,1-2H3,(H,26,31)(H,28,33)(H,29,32)(H,30,34)/b27-13+. The number of benzene rings is 2. The number of aryl methyl sites for hydroxylation is 2. The molecule has 11 heteroatoms. The van der Waals surface area contributed by atoms with E-state index in [9.17, 15) is 19.2 Å². The van der Waals surface area contributed by atoms with E-state index in [1.807, 2.05) is 19.9 Å². The van der Waals surface area contributed by atoms with Crippen molar-refractivity contribution in [2.75, 3.05) is 10.6 Å². The number of hydrazone groups is 1. The normalized spacial score (nSPS) is 10.6. The van der Waals surface area contributed by atoms with Crippen molar-refractivity contribution in [3.05, 3.63) is 81.7 Å². The van der Waals surface area contributed by atoms with Crippen molar-refractivity contribution < 1.29 is 23.6 Å². The molecule has 1 heterocycles. The maximum absolute atomic E-state index is 12.1. The average molecular weight is 540 g/mol. The van der Waals surface area contributed by atoms with Gasteiger partial charge < -0.3 is 20.4 Å². The molecule has 0 atom stereocenters. The Hall–Kier alpha value is -4.25. The van der Waals surface area contributed by atoms with Crippen molar-refractivity contribution in [2.45, 2.75) is 20.4 Å². The molecule has 4 amide bonds. The Morgan fingerprint density at radius 3 is 2.20 bits per heavy atom. The summed E-state index contributed by atoms with van der Waals surface area (Å²) >= 11 is 3.28. The van der Waals surface area contributed by atoms with Crippen LogP contribution in [0.3, 0.4) is 0 Å². The predicted molar refractivity (Wildman–Crippen MR) is 134 cm³/mol. The van der Waals surface area contributed by atoms with E-state index in [1.54, 1.807) is 48.5 Å². The van der Waals surface area contributed by atoms with Gasteiger partial charge in [-0.05, 0) is 73.5 Å². The van der Waals surface area contributed by atoms with E-state index < -0.39 is 23.6 Å². The van der Waals surface area contributed by atoms with Gasteiger partial charge in [-0.1, -0.05) is 22.0 Å². The van der Waals surface area contributed by atoms with Crippen molar-refractivity contribution in [3.63, 3.8) is 0 Å². The SMILES string of the molecule is Cc1ccc(NC(=O)C(=O)NCc2ccc(/C=N/NC(=O)C(=O)Nc3ccc(Br)cc3)o2)cc1C. The fourth-order valence-corrected chi connectivity index (χ4v) is 3.00. The Morgan fingerprint density at radius 1 is 0.829 bits per heavy atom. The molecule has 0 radical (unpaired) electrons. The minimum Gasteiger partial charge on any atom is -0.458 e. The quantitative estimate of drug-likeness (QED) is 0.216. The summed E-state index contributed by atoms with van der Waals surface area (Å²) in [6.45, 7) is 3.83. The van der Waals surface area contributed by atoms with Crippen molar-refractivity contribution in [1.82, 2.24) is 10.7 Å². The monoisotopic (exact) mass is 539 g/mol. The second-order valence-corrected chi connectivity index (χ2v) is 8.32. The lowest BCUT2D eigenvalue weighted by Gasteiger charge is -2.07. The maximum atomic E-state index is 12.1. The Kier molecular flexibility index (Phi) is 8.52. The third-order valence-corrected chi connectivity index (χ3v) is 5.27. The summed E-state index contributed by atoms with van der Waals surface area (Å²) in [4.78, 5) is 47.9. The molecule has 35 heavy (non-hydrogen) atoms. The fraction of sp³-hybridized carbons (Fsp3) is 0.125. The first-order chi connectivity index (χ1) is 16.7. The molecule has 1 aromatic heterocycles. The molecule has 180 valence electrons. The van der Waals surface area contributed by atoms with E-state index >= 15 is 0 Å². The summed E-state index contributed by atoms with van der Waals surface area (Å²) in [6, 6.07) is 15.2. The highest BCUT2D eigenvalue weighted by atomic mass is 79.9. The zero-order valence-corrected chi connectivity index (χ0v) is 20.4. The highest BCUT2D eigenvalue weighted by Gasteiger charge is 2.15. The van der Waals surface area contributed by atoms with Crippen LogP contribution in [0.4, 0.5) is 11.4 Å². The van der Waals surface area contributed by atoms with E-state index in [2.05, 4.69) is 42.4 Å². The molecule has 3 aromatic rings. The number of rotatable bonds is 6. The van der Waals surface area contributed by atoms with Crippen LogP contribution in [-0.2, 0) is 25.7 Å². The molecular formula is C24H22BrN5O5. The van der Waals surface area contributed by atoms with Gasteiger partial charge in [0.1, 0.15) is 11.5 Å². The highest BCUT2D eigenvalue weighted by Crippen LogP contribution is 2.15. The van der Waals surface area contributed by atoms with Crippen molar-refractivity contribution in [1.29, 1.82) is 0 Å². The number of nitrogens with one attached hydrogen (secondary N) is 4. The molecule has 0 fully saturated rings. The van der Waals surface area contributed by atoms with Gasteiger partial charge in [-0.15, -0.1) is 0 Å². The van der Waals surface area contributed by atoms with Crippen LogP contribution < -0.4 is 21.4 Å². The van der Waals surface area contributed by atoms with Gasteiger partial charge in [-0.3, -0.25) is 19.2 Å². The lowest BCUT2D eigenvalue weighted by molar-refractivity contribution is -0.136. The second-order valence-electron chi connectivity index (χ2n) is 7.40. The summed E-state index contributed by atoms with van der Waals surface area (Å²) in [5, 5.41) is 11.1. The van der Waals surface area contributed by atoms with Gasteiger partial charge in [0, 0.05) is 15.8 Å². The van der Waals surface area contributed by atoms with Crippen molar-refractivity contribution in [3.8, 4) is 0 Å². The largest absolute Gasteiger partial charge is 0.458 e. The third kappa shape index (κ3) is 7.64. The number of nitrogens with zero attached hydrogens (tertiary/aromatic N) is 1. The molecule has 0 aliphatic heterocycles. The predicted octanol–water partition coefficient (Wildman–Crippen LogP) is 3.00. The van der Waals surface area contributed by atoms with Gasteiger partial charge >= 0.3 is 23.6 Å². The van der Waals surface area contributed by atoms with Crippen molar-refractivity contribution >= 4 is 57.1 Å². The van der Waals surface area contributed by atoms with Crippen LogP contribution >= 0.6 is 15.9 Å². The molecule has 0 spiro atoms. The van der Waals surface area contributed by atoms with Gasteiger partial charge in [-0.25, -0.2) is 5.43 Å². The summed E-state index contributed by atoms with van der Waals surface area (Å²) in [5.41, 5.74) is 5.15. The van der Waals surface area contributed by atoms with Crippen LogP contribution in [0.15, 0.2) is 68.6 Å². The lowest BCUT2D eigenvalue weighted by Crippen LogP contribution is -2.34. The number of furan rings is 1. The first-order valence-electron chi connectivity index (χ1n) is 10.4. The molecule has 0 aliphatic rings. The molecule has 3 rings (SSSR count). The molecule has 4 N–H and O–H groups in total. The van der Waals surface area contributed by atoms with Crippen LogP contribution in [0.25, 0.3) is 0 Å². The molecule has 0 aliphatic carbocycles. The summed E-state index contributed by atoms with van der Waals surface area (Å²) in [6.07, 6.45) is 1.20. The number of halogens is 1. The van der Waals surface area contributed by atoms with Gasteiger partial charge in [0.25, 0.3) is 0 Å². The molecule has 0 unspecified atom stereocenters. The highest BCUT2D eigenvalue weighted by molar-refractivity contribution is 9.10. The van der Waals surface area contributed by atoms with Crippen LogP contribution in [-0.4, -0.2) is 29.8 Å². The Balaban J connectivity index is 1.43. The minimum absolute atomic E-state index is 0.0328. The van der Waals surface area contributed by atoms with Gasteiger partial charge in [0.05, 0.1) is 12.8 Å². The molecule has 10 nitrogen and oxygen atoms in total. The average Bonchev–Trinajstić information content (AvgIpc) is 3.28. The Labute approximate surface area is 209 Å². The van der Waals surface area contributed by atoms with E-state index in [-0.39, 0.29) is 12.3 Å². The zero-order chi connectivity index (χ0) is 25.4. The lowest BCUT2D eigenvalue weighted by atomic mass is 10.1. The summed E-state index contributed by atoms with van der Waals surface area (Å²) < 4.78 is 6.29. The van der Waals surface area contributed by atoms with Crippen LogP contribution in [0.5, 0.6) is 0 Å². The van der Waals surface area contributed by atoms with E-state index in [4.69, 9.17) is 4.42 Å². The fourth-order valence-electron chi connectivity index (χ4n) is 2.74. The van der Waals surface area contributed by atoms with Gasteiger partial charge in [0.15, 0.2) is 0 Å². The minimum atomic E-state index is -0.960. The van der Waals surface area contributed by atoms with E-state index in [0.717, 1.165) is 15.6 Å². The topological polar surface area (TPSA) is 142 Å². The second kappa shape index (κ2) is 11.7. The van der Waals surface area contributed by atoms with Gasteiger partial charge in [-0.2, -0.15) is 5.10 Å². The van der Waals surface area contributed by atoms with E-state index in [0.29, 0.717) is 17.1 Å². The molecule has 0 saturated carbocycles.